The molecule has 42 heavy (non-hydrogen) atoms. The van der Waals surface area contributed by atoms with E-state index in [9.17, 15) is 14.7 Å². The summed E-state index contributed by atoms with van der Waals surface area (Å²) in [5.41, 5.74) is 0. The van der Waals surface area contributed by atoms with Crippen LogP contribution in [0.4, 0.5) is 0 Å². The van der Waals surface area contributed by atoms with E-state index < -0.39 is 6.10 Å². The maximum atomic E-state index is 12.1. The molecule has 5 nitrogen and oxygen atoms in total. The van der Waals surface area contributed by atoms with Gasteiger partial charge in [-0.2, -0.15) is 0 Å². The van der Waals surface area contributed by atoms with Crippen LogP contribution in [-0.4, -0.2) is 36.4 Å². The molecule has 236 valence electrons. The molecule has 1 atom stereocenters. The predicted octanol–water partition coefficient (Wildman–Crippen LogP) is 9.61. The number of carbonyl (C=O) groups excluding carboxylic acids is 2. The van der Waals surface area contributed by atoms with Crippen molar-refractivity contribution in [2.24, 2.45) is 0 Å². The molecule has 0 radical (unpaired) electrons. The van der Waals surface area contributed by atoms with Gasteiger partial charge in [-0.15, -0.1) is 0 Å². The van der Waals surface area contributed by atoms with Crippen molar-refractivity contribution in [3.63, 3.8) is 0 Å². The van der Waals surface area contributed by atoms with Crippen LogP contribution >= 0.6 is 0 Å². The van der Waals surface area contributed by atoms with Gasteiger partial charge in [-0.1, -0.05) is 137 Å². The van der Waals surface area contributed by atoms with Gasteiger partial charge in [0.05, 0.1) is 6.61 Å². The number of carbonyl (C=O) groups is 2. The highest BCUT2D eigenvalue weighted by molar-refractivity contribution is 5.70. The summed E-state index contributed by atoms with van der Waals surface area (Å²) in [4.78, 5) is 24.1. The number of aliphatic hydroxyl groups excluding tert-OH is 1. The van der Waals surface area contributed by atoms with E-state index in [0.29, 0.717) is 12.8 Å². The summed E-state index contributed by atoms with van der Waals surface area (Å²) in [6, 6.07) is 0. The number of rotatable bonds is 27. The zero-order chi connectivity index (χ0) is 30.8. The van der Waals surface area contributed by atoms with Crippen LogP contribution in [0, 0.1) is 0 Å². The molecule has 0 saturated carbocycles. The normalized spacial score (nSPS) is 13.3. The summed E-state index contributed by atoms with van der Waals surface area (Å²) in [5.74, 6) is -0.655. The van der Waals surface area contributed by atoms with Crippen LogP contribution in [0.2, 0.25) is 0 Å². The smallest absolute Gasteiger partial charge is 0.306 e. The van der Waals surface area contributed by atoms with E-state index in [0.717, 1.165) is 89.9 Å². The first-order chi connectivity index (χ1) is 20.6. The van der Waals surface area contributed by atoms with Gasteiger partial charge in [0.25, 0.3) is 0 Å². The van der Waals surface area contributed by atoms with Crippen molar-refractivity contribution in [2.75, 3.05) is 13.2 Å². The Morgan fingerprint density at radius 3 is 1.43 bits per heavy atom. The van der Waals surface area contributed by atoms with Crippen LogP contribution in [0.5, 0.6) is 0 Å². The molecule has 5 heteroatoms. The van der Waals surface area contributed by atoms with E-state index in [1.54, 1.807) is 0 Å². The first-order valence-corrected chi connectivity index (χ1v) is 16.2. The van der Waals surface area contributed by atoms with Gasteiger partial charge < -0.3 is 14.6 Å². The van der Waals surface area contributed by atoms with Gasteiger partial charge in [0.15, 0.2) is 6.10 Å². The van der Waals surface area contributed by atoms with Crippen LogP contribution in [-0.2, 0) is 19.1 Å². The predicted molar refractivity (Wildman–Crippen MR) is 177 cm³/mol. The highest BCUT2D eigenvalue weighted by Gasteiger charge is 2.16. The zero-order valence-corrected chi connectivity index (χ0v) is 26.5. The van der Waals surface area contributed by atoms with Crippen molar-refractivity contribution < 1.29 is 24.2 Å². The third-order valence-electron chi connectivity index (χ3n) is 6.34. The van der Waals surface area contributed by atoms with E-state index in [-0.39, 0.29) is 25.2 Å². The third-order valence-corrected chi connectivity index (χ3v) is 6.34. The molecule has 0 amide bonds. The number of hydrogen-bond donors (Lipinski definition) is 1. The molecule has 0 spiro atoms. The molecule has 1 N–H and O–H groups in total. The number of hydrogen-bond acceptors (Lipinski definition) is 5. The van der Waals surface area contributed by atoms with Crippen molar-refractivity contribution in [1.29, 1.82) is 0 Å². The largest absolute Gasteiger partial charge is 0.462 e. The van der Waals surface area contributed by atoms with E-state index in [1.807, 2.05) is 30.4 Å². The summed E-state index contributed by atoms with van der Waals surface area (Å²) in [6.07, 6.45) is 43.4. The first-order valence-electron chi connectivity index (χ1n) is 16.2. The van der Waals surface area contributed by atoms with Gasteiger partial charge in [0.2, 0.25) is 0 Å². The van der Waals surface area contributed by atoms with Gasteiger partial charge in [-0.3, -0.25) is 9.59 Å². The topological polar surface area (TPSA) is 72.8 Å². The molecule has 0 aromatic heterocycles. The van der Waals surface area contributed by atoms with Gasteiger partial charge in [-0.05, 0) is 51.4 Å². The molecule has 0 aromatic carbocycles. The number of unbranched alkanes of at least 4 members (excludes halogenated alkanes) is 10. The second-order valence-electron chi connectivity index (χ2n) is 10.3. The summed E-state index contributed by atoms with van der Waals surface area (Å²) in [6.45, 7) is 3.79. The molecule has 0 aliphatic rings. The lowest BCUT2D eigenvalue weighted by Crippen LogP contribution is -2.28. The van der Waals surface area contributed by atoms with Crippen molar-refractivity contribution in [3.8, 4) is 0 Å². The number of ether oxygens (including phenoxy) is 2. The average molecular weight is 583 g/mol. The van der Waals surface area contributed by atoms with E-state index >= 15 is 0 Å². The van der Waals surface area contributed by atoms with Crippen LogP contribution in [0.25, 0.3) is 0 Å². The van der Waals surface area contributed by atoms with Crippen molar-refractivity contribution in [1.82, 2.24) is 0 Å². The molecular formula is C37H58O5. The maximum absolute atomic E-state index is 12.1. The summed E-state index contributed by atoms with van der Waals surface area (Å²) in [7, 11) is 0. The quantitative estimate of drug-likeness (QED) is 0.0593. The Morgan fingerprint density at radius 1 is 0.548 bits per heavy atom. The second kappa shape index (κ2) is 32.6. The molecule has 0 rings (SSSR count). The lowest BCUT2D eigenvalue weighted by Gasteiger charge is -2.15. The van der Waals surface area contributed by atoms with E-state index in [2.05, 4.69) is 68.5 Å². The van der Waals surface area contributed by atoms with Gasteiger partial charge in [0.1, 0.15) is 6.61 Å². The third kappa shape index (κ3) is 30.0. The fourth-order valence-electron chi connectivity index (χ4n) is 3.91. The lowest BCUT2D eigenvalue weighted by molar-refractivity contribution is -0.161. The van der Waals surface area contributed by atoms with Gasteiger partial charge in [-0.25, -0.2) is 0 Å². The molecule has 0 aliphatic carbocycles. The Morgan fingerprint density at radius 2 is 0.952 bits per heavy atom. The minimum Gasteiger partial charge on any atom is -0.462 e. The lowest BCUT2D eigenvalue weighted by atomic mass is 10.1. The van der Waals surface area contributed by atoms with Gasteiger partial charge >= 0.3 is 11.9 Å². The minimum atomic E-state index is -0.795. The van der Waals surface area contributed by atoms with Crippen molar-refractivity contribution >= 4 is 11.9 Å². The number of esters is 2. The fraction of sp³-hybridized carbons (Fsp3) is 0.568. The standard InChI is InChI=1S/C37H58O5/c1-3-5-7-9-11-13-15-17-18-20-22-24-26-28-30-32-37(40)42-35(33-38)34-41-36(39)31-29-27-25-23-21-19-16-14-12-10-8-6-4-2/h5-18,35,38H,3-4,19-34H2,1-2H3/b7-5+,8-6+,11-9+,12-10+,15-13+,16-14+,18-17+. The molecule has 0 fully saturated rings. The number of allylic oxidation sites excluding steroid dienone is 14. The van der Waals surface area contributed by atoms with Crippen LogP contribution < -0.4 is 0 Å². The summed E-state index contributed by atoms with van der Waals surface area (Å²) >= 11 is 0. The van der Waals surface area contributed by atoms with Crippen molar-refractivity contribution in [3.05, 3.63) is 85.1 Å². The van der Waals surface area contributed by atoms with Crippen molar-refractivity contribution in [2.45, 2.75) is 123 Å². The molecule has 0 aliphatic heterocycles. The highest BCUT2D eigenvalue weighted by Crippen LogP contribution is 2.11. The Hall–Kier alpha value is -2.92. The molecule has 0 heterocycles. The van der Waals surface area contributed by atoms with Crippen LogP contribution in [0.15, 0.2) is 85.1 Å². The molecule has 0 saturated heterocycles. The average Bonchev–Trinajstić information content (AvgIpc) is 2.99. The molecular weight excluding hydrogens is 524 g/mol. The Bertz CT molecular complexity index is 844. The molecule has 0 aromatic rings. The second-order valence-corrected chi connectivity index (χ2v) is 10.3. The summed E-state index contributed by atoms with van der Waals surface area (Å²) in [5, 5.41) is 9.50. The number of aliphatic hydroxyl groups is 1. The Labute approximate surface area is 256 Å². The zero-order valence-electron chi connectivity index (χ0n) is 26.5. The fourth-order valence-corrected chi connectivity index (χ4v) is 3.91. The maximum Gasteiger partial charge on any atom is 0.306 e. The van der Waals surface area contributed by atoms with E-state index in [4.69, 9.17) is 9.47 Å². The highest BCUT2D eigenvalue weighted by atomic mass is 16.6. The molecule has 0 bridgehead atoms. The van der Waals surface area contributed by atoms with Crippen LogP contribution in [0.3, 0.4) is 0 Å². The van der Waals surface area contributed by atoms with Crippen LogP contribution in [0.1, 0.15) is 117 Å². The first kappa shape index (κ1) is 39.1. The van der Waals surface area contributed by atoms with E-state index in [1.165, 1.54) is 0 Å². The Kier molecular flexibility index (Phi) is 30.3. The minimum absolute atomic E-state index is 0.0923. The molecule has 1 unspecified atom stereocenters. The SMILES string of the molecule is CC/C=C/C=C/C=C/C=C/CCCCCCCC(=O)OC(CO)COC(=O)CCCCCCC/C=C/C=C/C=C/CC. The Balaban J connectivity index is 3.72. The summed E-state index contributed by atoms with van der Waals surface area (Å²) < 4.78 is 10.5. The monoisotopic (exact) mass is 582 g/mol. The van der Waals surface area contributed by atoms with Gasteiger partial charge in [0, 0.05) is 12.8 Å².